The van der Waals surface area contributed by atoms with Crippen molar-refractivity contribution in [3.8, 4) is 0 Å². The number of nitrogens with zero attached hydrogens (tertiary/aromatic N) is 2. The molecule has 19 heavy (non-hydrogen) atoms. The SMILES string of the molecule is CCCc1nc(CN2CCCCCC2)sc1C(C)N. The maximum atomic E-state index is 6.07. The molecular formula is C15H27N3S. The first-order valence-corrected chi connectivity index (χ1v) is 8.48. The van der Waals surface area contributed by atoms with Gasteiger partial charge in [-0.2, -0.15) is 0 Å². The van der Waals surface area contributed by atoms with E-state index in [0.717, 1.165) is 19.4 Å². The fourth-order valence-electron chi connectivity index (χ4n) is 2.74. The van der Waals surface area contributed by atoms with Crippen LogP contribution in [0.25, 0.3) is 0 Å². The zero-order valence-corrected chi connectivity index (χ0v) is 13.1. The topological polar surface area (TPSA) is 42.2 Å². The van der Waals surface area contributed by atoms with E-state index in [0.29, 0.717) is 0 Å². The highest BCUT2D eigenvalue weighted by Crippen LogP contribution is 2.26. The Hall–Kier alpha value is -0.450. The molecule has 0 saturated carbocycles. The lowest BCUT2D eigenvalue weighted by Gasteiger charge is -2.17. The summed E-state index contributed by atoms with van der Waals surface area (Å²) in [4.78, 5) is 8.70. The van der Waals surface area contributed by atoms with Gasteiger partial charge in [0.2, 0.25) is 0 Å². The van der Waals surface area contributed by atoms with Gasteiger partial charge in [-0.05, 0) is 39.3 Å². The first kappa shape index (κ1) is 14.9. The van der Waals surface area contributed by atoms with Crippen molar-refractivity contribution in [3.05, 3.63) is 15.6 Å². The summed E-state index contributed by atoms with van der Waals surface area (Å²) in [6.45, 7) is 7.77. The van der Waals surface area contributed by atoms with Gasteiger partial charge in [-0.3, -0.25) is 4.90 Å². The van der Waals surface area contributed by atoms with Gasteiger partial charge in [0.15, 0.2) is 0 Å². The van der Waals surface area contributed by atoms with Gasteiger partial charge in [-0.15, -0.1) is 11.3 Å². The average molecular weight is 281 g/mol. The Labute approximate surface area is 121 Å². The molecule has 1 aliphatic heterocycles. The number of aromatic nitrogens is 1. The van der Waals surface area contributed by atoms with E-state index in [-0.39, 0.29) is 6.04 Å². The molecule has 0 spiro atoms. The second-order valence-corrected chi connectivity index (χ2v) is 6.76. The van der Waals surface area contributed by atoms with Crippen molar-refractivity contribution in [2.75, 3.05) is 13.1 Å². The molecule has 2 heterocycles. The molecule has 0 aliphatic carbocycles. The highest BCUT2D eigenvalue weighted by molar-refractivity contribution is 7.11. The molecule has 2 rings (SSSR count). The van der Waals surface area contributed by atoms with Gasteiger partial charge in [-0.25, -0.2) is 4.98 Å². The summed E-state index contributed by atoms with van der Waals surface area (Å²) in [7, 11) is 0. The minimum atomic E-state index is 0.122. The van der Waals surface area contributed by atoms with Crippen LogP contribution in [-0.2, 0) is 13.0 Å². The maximum absolute atomic E-state index is 6.07. The number of aryl methyl sites for hydroxylation is 1. The van der Waals surface area contributed by atoms with Gasteiger partial charge in [0.05, 0.1) is 12.2 Å². The molecular weight excluding hydrogens is 254 g/mol. The van der Waals surface area contributed by atoms with Crippen LogP contribution in [0, 0.1) is 0 Å². The third-order valence-electron chi connectivity index (χ3n) is 3.73. The lowest BCUT2D eigenvalue weighted by atomic mass is 10.2. The Morgan fingerprint density at radius 2 is 1.95 bits per heavy atom. The fraction of sp³-hybridized carbons (Fsp3) is 0.800. The lowest BCUT2D eigenvalue weighted by molar-refractivity contribution is 0.276. The molecule has 1 aromatic rings. The number of likely N-dealkylation sites (tertiary alicyclic amines) is 1. The number of rotatable bonds is 5. The van der Waals surface area contributed by atoms with E-state index in [2.05, 4.69) is 18.7 Å². The van der Waals surface area contributed by atoms with E-state index >= 15 is 0 Å². The van der Waals surface area contributed by atoms with Gasteiger partial charge in [0.25, 0.3) is 0 Å². The van der Waals surface area contributed by atoms with Crippen LogP contribution in [0.4, 0.5) is 0 Å². The Morgan fingerprint density at radius 3 is 2.53 bits per heavy atom. The molecule has 1 fully saturated rings. The highest BCUT2D eigenvalue weighted by atomic mass is 32.1. The quantitative estimate of drug-likeness (QED) is 0.898. The Kier molecular flexibility index (Phi) is 5.79. The monoisotopic (exact) mass is 281 g/mol. The van der Waals surface area contributed by atoms with E-state index < -0.39 is 0 Å². The molecule has 1 unspecified atom stereocenters. The van der Waals surface area contributed by atoms with Gasteiger partial charge < -0.3 is 5.73 Å². The Bertz CT molecular complexity index is 379. The third kappa shape index (κ3) is 4.26. The largest absolute Gasteiger partial charge is 0.323 e. The predicted octanol–water partition coefficient (Wildman–Crippen LogP) is 3.49. The van der Waals surface area contributed by atoms with Crippen molar-refractivity contribution >= 4 is 11.3 Å². The van der Waals surface area contributed by atoms with Crippen LogP contribution in [0.15, 0.2) is 0 Å². The zero-order chi connectivity index (χ0) is 13.7. The Morgan fingerprint density at radius 1 is 1.26 bits per heavy atom. The van der Waals surface area contributed by atoms with E-state index in [1.807, 2.05) is 11.3 Å². The van der Waals surface area contributed by atoms with E-state index in [1.54, 1.807) is 0 Å². The van der Waals surface area contributed by atoms with Crippen LogP contribution in [0.2, 0.25) is 0 Å². The van der Waals surface area contributed by atoms with E-state index in [1.165, 1.54) is 54.4 Å². The van der Waals surface area contributed by atoms with Gasteiger partial charge in [0, 0.05) is 10.9 Å². The number of hydrogen-bond acceptors (Lipinski definition) is 4. The summed E-state index contributed by atoms with van der Waals surface area (Å²) in [6, 6.07) is 0.122. The minimum Gasteiger partial charge on any atom is -0.323 e. The molecule has 2 N–H and O–H groups in total. The molecule has 4 heteroatoms. The van der Waals surface area contributed by atoms with Crippen LogP contribution in [-0.4, -0.2) is 23.0 Å². The van der Waals surface area contributed by atoms with Crippen molar-refractivity contribution in [2.45, 2.75) is 65.0 Å². The van der Waals surface area contributed by atoms with Crippen molar-refractivity contribution in [1.82, 2.24) is 9.88 Å². The summed E-state index contributed by atoms with van der Waals surface area (Å²) in [5, 5.41) is 1.26. The smallest absolute Gasteiger partial charge is 0.107 e. The molecule has 0 aromatic carbocycles. The molecule has 0 amide bonds. The summed E-state index contributed by atoms with van der Waals surface area (Å²) in [5.74, 6) is 0. The lowest BCUT2D eigenvalue weighted by Crippen LogP contribution is -2.23. The van der Waals surface area contributed by atoms with Crippen LogP contribution in [0.5, 0.6) is 0 Å². The second kappa shape index (κ2) is 7.36. The van der Waals surface area contributed by atoms with E-state index in [4.69, 9.17) is 10.7 Å². The molecule has 0 radical (unpaired) electrons. The fourth-order valence-corrected chi connectivity index (χ4v) is 3.85. The van der Waals surface area contributed by atoms with Crippen LogP contribution < -0.4 is 5.73 Å². The molecule has 1 atom stereocenters. The summed E-state index contributed by atoms with van der Waals surface area (Å²) in [5.41, 5.74) is 7.32. The van der Waals surface area contributed by atoms with Crippen LogP contribution in [0.1, 0.15) is 67.6 Å². The van der Waals surface area contributed by atoms with Crippen molar-refractivity contribution in [2.24, 2.45) is 5.73 Å². The first-order valence-electron chi connectivity index (χ1n) is 7.67. The molecule has 108 valence electrons. The van der Waals surface area contributed by atoms with Crippen LogP contribution in [0.3, 0.4) is 0 Å². The number of nitrogens with two attached hydrogens (primary N) is 1. The molecule has 1 aromatic heterocycles. The summed E-state index contributed by atoms with van der Waals surface area (Å²) < 4.78 is 0. The molecule has 1 aliphatic rings. The van der Waals surface area contributed by atoms with Crippen molar-refractivity contribution in [3.63, 3.8) is 0 Å². The average Bonchev–Trinajstić information content (AvgIpc) is 2.59. The second-order valence-electron chi connectivity index (χ2n) is 5.65. The normalized spacial score (nSPS) is 19.3. The molecule has 0 bridgehead atoms. The van der Waals surface area contributed by atoms with Gasteiger partial charge >= 0.3 is 0 Å². The molecule has 3 nitrogen and oxygen atoms in total. The Balaban J connectivity index is 2.04. The van der Waals surface area contributed by atoms with Gasteiger partial charge in [0.1, 0.15) is 5.01 Å². The third-order valence-corrected chi connectivity index (χ3v) is 5.01. The number of thiazole rings is 1. The minimum absolute atomic E-state index is 0.122. The van der Waals surface area contributed by atoms with Gasteiger partial charge in [-0.1, -0.05) is 26.2 Å². The zero-order valence-electron chi connectivity index (χ0n) is 12.3. The van der Waals surface area contributed by atoms with Crippen LogP contribution >= 0.6 is 11.3 Å². The number of hydrogen-bond donors (Lipinski definition) is 1. The van der Waals surface area contributed by atoms with E-state index in [9.17, 15) is 0 Å². The van der Waals surface area contributed by atoms with Crippen molar-refractivity contribution < 1.29 is 0 Å². The highest BCUT2D eigenvalue weighted by Gasteiger charge is 2.16. The molecule has 1 saturated heterocycles. The maximum Gasteiger partial charge on any atom is 0.107 e. The predicted molar refractivity (Wildman–Crippen MR) is 82.5 cm³/mol. The standard InChI is InChI=1S/C15H27N3S/c1-3-8-13-15(12(2)16)19-14(17-13)11-18-9-6-4-5-7-10-18/h12H,3-11,16H2,1-2H3. The summed E-state index contributed by atoms with van der Waals surface area (Å²) >= 11 is 1.83. The van der Waals surface area contributed by atoms with Crippen molar-refractivity contribution in [1.29, 1.82) is 0 Å². The summed E-state index contributed by atoms with van der Waals surface area (Å²) in [6.07, 6.45) is 7.67. The first-order chi connectivity index (χ1) is 9.20.